The monoisotopic (exact) mass is 329 g/mol. The first kappa shape index (κ1) is 15.9. The highest BCUT2D eigenvalue weighted by molar-refractivity contribution is 6.31. The van der Waals surface area contributed by atoms with E-state index in [0.717, 1.165) is 47.5 Å². The Morgan fingerprint density at radius 1 is 1.39 bits per heavy atom. The van der Waals surface area contributed by atoms with Gasteiger partial charge >= 0.3 is 0 Å². The van der Waals surface area contributed by atoms with E-state index in [1.807, 2.05) is 38.2 Å². The van der Waals surface area contributed by atoms with Crippen LogP contribution in [-0.2, 0) is 24.1 Å². The summed E-state index contributed by atoms with van der Waals surface area (Å²) < 4.78 is 0. The molecule has 1 aromatic heterocycles. The average Bonchev–Trinajstić information content (AvgIpc) is 2.51. The number of fused-ring (bicyclic) bond motifs is 1. The molecular weight excluding hydrogens is 310 g/mol. The summed E-state index contributed by atoms with van der Waals surface area (Å²) in [6.07, 6.45) is 4.85. The van der Waals surface area contributed by atoms with Gasteiger partial charge in [0, 0.05) is 23.0 Å². The Labute approximate surface area is 141 Å². The Balaban J connectivity index is 1.60. The van der Waals surface area contributed by atoms with Crippen LogP contribution in [0.3, 0.4) is 0 Å². The Kier molecular flexibility index (Phi) is 4.62. The predicted molar refractivity (Wildman–Crippen MR) is 90.6 cm³/mol. The number of carbonyl (C=O) groups is 1. The van der Waals surface area contributed by atoms with E-state index in [2.05, 4.69) is 15.3 Å². The smallest absolute Gasteiger partial charge is 0.224 e. The van der Waals surface area contributed by atoms with E-state index in [4.69, 9.17) is 11.6 Å². The molecular formula is C18H20ClN3O. The highest BCUT2D eigenvalue weighted by Crippen LogP contribution is 2.20. The lowest BCUT2D eigenvalue weighted by atomic mass is 9.92. The molecule has 3 rings (SSSR count). The molecule has 1 amide bonds. The summed E-state index contributed by atoms with van der Waals surface area (Å²) in [6, 6.07) is 5.92. The van der Waals surface area contributed by atoms with Crippen molar-refractivity contribution in [3.63, 3.8) is 0 Å². The molecule has 1 N–H and O–H groups in total. The van der Waals surface area contributed by atoms with Gasteiger partial charge in [0.1, 0.15) is 5.82 Å². The Morgan fingerprint density at radius 3 is 3.00 bits per heavy atom. The standard InChI is InChI=1S/C18H20ClN3O/c1-11-3-4-13(7-16(11)19)8-18(23)22-15-5-6-17-14(9-15)10-20-12(2)21-17/h3-4,7,10,15H,5-6,8-9H2,1-2H3,(H,22,23). The first-order valence-corrected chi connectivity index (χ1v) is 8.25. The second-order valence-corrected chi connectivity index (χ2v) is 6.56. The SMILES string of the molecule is Cc1ncc2c(n1)CCC(NC(=O)Cc1ccc(C)c(Cl)c1)C2. The van der Waals surface area contributed by atoms with Crippen LogP contribution in [0.15, 0.2) is 24.4 Å². The number of hydrogen-bond donors (Lipinski definition) is 1. The topological polar surface area (TPSA) is 54.9 Å². The summed E-state index contributed by atoms with van der Waals surface area (Å²) in [7, 11) is 0. The molecule has 23 heavy (non-hydrogen) atoms. The maximum Gasteiger partial charge on any atom is 0.224 e. The number of halogens is 1. The third kappa shape index (κ3) is 3.88. The van der Waals surface area contributed by atoms with Gasteiger partial charge in [-0.1, -0.05) is 23.7 Å². The second-order valence-electron chi connectivity index (χ2n) is 6.16. The van der Waals surface area contributed by atoms with E-state index in [-0.39, 0.29) is 11.9 Å². The number of rotatable bonds is 3. The van der Waals surface area contributed by atoms with E-state index in [9.17, 15) is 4.79 Å². The van der Waals surface area contributed by atoms with Crippen LogP contribution in [-0.4, -0.2) is 21.9 Å². The van der Waals surface area contributed by atoms with E-state index in [1.54, 1.807) is 0 Å². The van der Waals surface area contributed by atoms with Crippen molar-refractivity contribution in [3.05, 3.63) is 57.6 Å². The van der Waals surface area contributed by atoms with Crippen molar-refractivity contribution in [3.8, 4) is 0 Å². The molecule has 0 spiro atoms. The summed E-state index contributed by atoms with van der Waals surface area (Å²) in [4.78, 5) is 21.0. The summed E-state index contributed by atoms with van der Waals surface area (Å²) in [5.74, 6) is 0.842. The Morgan fingerprint density at radius 2 is 2.22 bits per heavy atom. The minimum Gasteiger partial charge on any atom is -0.353 e. The molecule has 1 unspecified atom stereocenters. The highest BCUT2D eigenvalue weighted by atomic mass is 35.5. The van der Waals surface area contributed by atoms with Crippen molar-refractivity contribution >= 4 is 17.5 Å². The molecule has 2 aromatic rings. The number of carbonyl (C=O) groups excluding carboxylic acids is 1. The second kappa shape index (κ2) is 6.67. The fourth-order valence-corrected chi connectivity index (χ4v) is 3.14. The van der Waals surface area contributed by atoms with Gasteiger partial charge in [-0.2, -0.15) is 0 Å². The van der Waals surface area contributed by atoms with Gasteiger partial charge in [-0.3, -0.25) is 4.79 Å². The first-order valence-electron chi connectivity index (χ1n) is 7.87. The maximum absolute atomic E-state index is 12.3. The lowest BCUT2D eigenvalue weighted by molar-refractivity contribution is -0.121. The van der Waals surface area contributed by atoms with Crippen molar-refractivity contribution in [1.82, 2.24) is 15.3 Å². The summed E-state index contributed by atoms with van der Waals surface area (Å²) in [5, 5.41) is 3.82. The predicted octanol–water partition coefficient (Wildman–Crippen LogP) is 2.96. The van der Waals surface area contributed by atoms with Crippen LogP contribution in [0.2, 0.25) is 5.02 Å². The number of nitrogens with zero attached hydrogens (tertiary/aromatic N) is 2. The first-order chi connectivity index (χ1) is 11.0. The van der Waals surface area contributed by atoms with Gasteiger partial charge in [0.15, 0.2) is 0 Å². The van der Waals surface area contributed by atoms with E-state index in [0.29, 0.717) is 11.4 Å². The molecule has 5 heteroatoms. The van der Waals surface area contributed by atoms with Crippen LogP contribution in [0, 0.1) is 13.8 Å². The molecule has 0 saturated heterocycles. The molecule has 1 aliphatic rings. The summed E-state index contributed by atoms with van der Waals surface area (Å²) in [5.41, 5.74) is 4.22. The minimum atomic E-state index is 0.0337. The zero-order valence-electron chi connectivity index (χ0n) is 13.4. The molecule has 0 aliphatic heterocycles. The van der Waals surface area contributed by atoms with Gasteiger partial charge in [-0.05, 0) is 55.9 Å². The van der Waals surface area contributed by atoms with Crippen LogP contribution < -0.4 is 5.32 Å². The van der Waals surface area contributed by atoms with Crippen LogP contribution in [0.5, 0.6) is 0 Å². The highest BCUT2D eigenvalue weighted by Gasteiger charge is 2.21. The van der Waals surface area contributed by atoms with Gasteiger partial charge in [-0.15, -0.1) is 0 Å². The fraction of sp³-hybridized carbons (Fsp3) is 0.389. The van der Waals surface area contributed by atoms with Crippen molar-refractivity contribution < 1.29 is 4.79 Å². The minimum absolute atomic E-state index is 0.0337. The number of benzene rings is 1. The summed E-state index contributed by atoms with van der Waals surface area (Å²) >= 11 is 6.11. The normalized spacial score (nSPS) is 16.7. The van der Waals surface area contributed by atoms with Gasteiger partial charge in [0.05, 0.1) is 6.42 Å². The number of nitrogens with one attached hydrogen (secondary N) is 1. The third-order valence-corrected chi connectivity index (χ3v) is 4.64. The lowest BCUT2D eigenvalue weighted by Gasteiger charge is -2.24. The van der Waals surface area contributed by atoms with Gasteiger partial charge in [-0.25, -0.2) is 9.97 Å². The van der Waals surface area contributed by atoms with Crippen LogP contribution in [0.25, 0.3) is 0 Å². The molecule has 1 atom stereocenters. The average molecular weight is 330 g/mol. The van der Waals surface area contributed by atoms with Crippen molar-refractivity contribution in [2.45, 2.75) is 45.6 Å². The molecule has 120 valence electrons. The number of aryl methyl sites for hydroxylation is 3. The fourth-order valence-electron chi connectivity index (χ4n) is 2.94. The molecule has 1 aliphatic carbocycles. The molecule has 1 heterocycles. The third-order valence-electron chi connectivity index (χ3n) is 4.24. The molecule has 1 aromatic carbocycles. The van der Waals surface area contributed by atoms with E-state index < -0.39 is 0 Å². The van der Waals surface area contributed by atoms with E-state index in [1.165, 1.54) is 0 Å². The zero-order valence-corrected chi connectivity index (χ0v) is 14.2. The van der Waals surface area contributed by atoms with Crippen LogP contribution >= 0.6 is 11.6 Å². The zero-order chi connectivity index (χ0) is 16.4. The van der Waals surface area contributed by atoms with Gasteiger partial charge < -0.3 is 5.32 Å². The summed E-state index contributed by atoms with van der Waals surface area (Å²) in [6.45, 7) is 3.86. The lowest BCUT2D eigenvalue weighted by Crippen LogP contribution is -2.39. The van der Waals surface area contributed by atoms with Gasteiger partial charge in [0.2, 0.25) is 5.91 Å². The molecule has 0 radical (unpaired) electrons. The van der Waals surface area contributed by atoms with E-state index >= 15 is 0 Å². The molecule has 0 saturated carbocycles. The van der Waals surface area contributed by atoms with Crippen molar-refractivity contribution in [2.75, 3.05) is 0 Å². The van der Waals surface area contributed by atoms with Gasteiger partial charge in [0.25, 0.3) is 0 Å². The molecule has 0 fully saturated rings. The van der Waals surface area contributed by atoms with Crippen LogP contribution in [0.4, 0.5) is 0 Å². The Hall–Kier alpha value is -1.94. The molecule has 4 nitrogen and oxygen atoms in total. The van der Waals surface area contributed by atoms with Crippen molar-refractivity contribution in [2.24, 2.45) is 0 Å². The maximum atomic E-state index is 12.3. The van der Waals surface area contributed by atoms with Crippen molar-refractivity contribution in [1.29, 1.82) is 0 Å². The number of amides is 1. The number of aromatic nitrogens is 2. The Bertz CT molecular complexity index is 745. The molecule has 0 bridgehead atoms. The quantitative estimate of drug-likeness (QED) is 0.942. The van der Waals surface area contributed by atoms with Crippen LogP contribution in [0.1, 0.15) is 34.6 Å². The largest absolute Gasteiger partial charge is 0.353 e. The number of hydrogen-bond acceptors (Lipinski definition) is 3.